The molecule has 4 nitrogen and oxygen atoms in total. The van der Waals surface area contributed by atoms with E-state index in [4.69, 9.17) is 9.47 Å². The predicted molar refractivity (Wildman–Crippen MR) is 49.5 cm³/mol. The van der Waals surface area contributed by atoms with Crippen LogP contribution < -0.4 is 0 Å². The molecule has 0 N–H and O–H groups in total. The Hall–Kier alpha value is -1.32. The Kier molecular flexibility index (Phi) is 3.28. The van der Waals surface area contributed by atoms with E-state index in [0.29, 0.717) is 24.2 Å². The summed E-state index contributed by atoms with van der Waals surface area (Å²) in [6, 6.07) is 0. The lowest BCUT2D eigenvalue weighted by Gasteiger charge is -2.22. The normalized spacial score (nSPS) is 22.2. The molecule has 14 heavy (non-hydrogen) atoms. The summed E-state index contributed by atoms with van der Waals surface area (Å²) >= 11 is 0. The quantitative estimate of drug-likeness (QED) is 0.625. The Bertz CT molecular complexity index is 290. The molecule has 0 spiro atoms. The molecule has 0 unspecified atom stereocenters. The number of ether oxygens (including phenoxy) is 2. The fraction of sp³-hybridized carbons (Fsp3) is 0.600. The minimum absolute atomic E-state index is 0.150. The highest BCUT2D eigenvalue weighted by molar-refractivity contribution is 6.00. The van der Waals surface area contributed by atoms with Crippen LogP contribution in [0, 0.1) is 0 Å². The van der Waals surface area contributed by atoms with Crippen LogP contribution in [-0.2, 0) is 19.1 Å². The van der Waals surface area contributed by atoms with E-state index in [-0.39, 0.29) is 5.78 Å². The maximum Gasteiger partial charge on any atom is 0.303 e. The lowest BCUT2D eigenvalue weighted by atomic mass is 9.95. The number of allylic oxidation sites excluding steroid dienone is 1. The monoisotopic (exact) mass is 198 g/mol. The molecule has 1 aliphatic rings. The fourth-order valence-corrected chi connectivity index (χ4v) is 1.53. The highest BCUT2D eigenvalue weighted by atomic mass is 16.5. The topological polar surface area (TPSA) is 52.6 Å². The highest BCUT2D eigenvalue weighted by Crippen LogP contribution is 2.24. The van der Waals surface area contributed by atoms with Gasteiger partial charge >= 0.3 is 5.97 Å². The van der Waals surface area contributed by atoms with Crippen molar-refractivity contribution in [2.45, 2.75) is 32.8 Å². The maximum atomic E-state index is 11.6. The number of ketones is 1. The van der Waals surface area contributed by atoms with E-state index in [0.717, 1.165) is 0 Å². The van der Waals surface area contributed by atoms with Gasteiger partial charge in [0.25, 0.3) is 0 Å². The minimum atomic E-state index is -0.619. The first-order valence-corrected chi connectivity index (χ1v) is 4.51. The second kappa shape index (κ2) is 4.26. The first kappa shape index (κ1) is 10.8. The van der Waals surface area contributed by atoms with Gasteiger partial charge in [0.1, 0.15) is 5.76 Å². The number of Topliss-reactive ketones (excluding diaryl/α,β-unsaturated/α-hetero) is 1. The Morgan fingerprint density at radius 3 is 2.64 bits per heavy atom. The Balaban J connectivity index is 2.76. The van der Waals surface area contributed by atoms with Crippen LogP contribution in [0.1, 0.15) is 26.7 Å². The molecule has 1 atom stereocenters. The van der Waals surface area contributed by atoms with E-state index < -0.39 is 12.1 Å². The molecule has 0 aromatic heterocycles. The van der Waals surface area contributed by atoms with Crippen LogP contribution in [0.5, 0.6) is 0 Å². The summed E-state index contributed by atoms with van der Waals surface area (Å²) in [6.45, 7) is 3.00. The molecular formula is C10H14O4. The Labute approximate surface area is 82.9 Å². The van der Waals surface area contributed by atoms with Crippen molar-refractivity contribution in [1.29, 1.82) is 0 Å². The molecule has 0 heterocycles. The zero-order valence-corrected chi connectivity index (χ0v) is 8.62. The highest BCUT2D eigenvalue weighted by Gasteiger charge is 2.29. The number of carbonyl (C=O) groups is 2. The molecule has 1 rings (SSSR count). The van der Waals surface area contributed by atoms with Crippen molar-refractivity contribution in [2.24, 2.45) is 0 Å². The predicted octanol–water partition coefficient (Wildman–Crippen LogP) is 1.20. The largest absolute Gasteiger partial charge is 0.501 e. The summed E-state index contributed by atoms with van der Waals surface area (Å²) in [5, 5.41) is 0. The number of hydrogen-bond donors (Lipinski definition) is 0. The van der Waals surface area contributed by atoms with Crippen LogP contribution in [0.25, 0.3) is 0 Å². The second-order valence-corrected chi connectivity index (χ2v) is 3.25. The first-order valence-electron chi connectivity index (χ1n) is 4.51. The van der Waals surface area contributed by atoms with Gasteiger partial charge in [-0.25, -0.2) is 0 Å². The van der Waals surface area contributed by atoms with E-state index in [1.165, 1.54) is 14.0 Å². The summed E-state index contributed by atoms with van der Waals surface area (Å²) in [6.07, 6.45) is 0.539. The molecule has 0 saturated carbocycles. The van der Waals surface area contributed by atoms with Crippen molar-refractivity contribution in [2.75, 3.05) is 7.11 Å². The van der Waals surface area contributed by atoms with Crippen LogP contribution in [0.4, 0.5) is 0 Å². The number of rotatable bonds is 2. The number of carbonyl (C=O) groups excluding carboxylic acids is 2. The van der Waals surface area contributed by atoms with Crippen molar-refractivity contribution in [3.8, 4) is 0 Å². The molecule has 0 saturated heterocycles. The van der Waals surface area contributed by atoms with Gasteiger partial charge in [0.05, 0.1) is 7.11 Å². The van der Waals surface area contributed by atoms with Crippen molar-refractivity contribution < 1.29 is 19.1 Å². The zero-order chi connectivity index (χ0) is 10.7. The summed E-state index contributed by atoms with van der Waals surface area (Å²) in [4.78, 5) is 22.3. The molecule has 0 radical (unpaired) electrons. The summed E-state index contributed by atoms with van der Waals surface area (Å²) in [5.74, 6) is 0.124. The third-order valence-corrected chi connectivity index (χ3v) is 2.27. The van der Waals surface area contributed by atoms with Crippen LogP contribution in [0.2, 0.25) is 0 Å². The Morgan fingerprint density at radius 1 is 1.50 bits per heavy atom. The lowest BCUT2D eigenvalue weighted by molar-refractivity contribution is -0.152. The van der Waals surface area contributed by atoms with E-state index in [1.807, 2.05) is 0 Å². The van der Waals surface area contributed by atoms with E-state index in [2.05, 4.69) is 0 Å². The average molecular weight is 198 g/mol. The van der Waals surface area contributed by atoms with Gasteiger partial charge in [-0.05, 0) is 13.3 Å². The molecule has 78 valence electrons. The maximum absolute atomic E-state index is 11.6. The first-order chi connectivity index (χ1) is 6.56. The third-order valence-electron chi connectivity index (χ3n) is 2.27. The molecule has 1 aliphatic carbocycles. The summed E-state index contributed by atoms with van der Waals surface area (Å²) < 4.78 is 9.93. The van der Waals surface area contributed by atoms with Gasteiger partial charge in [0, 0.05) is 18.9 Å². The van der Waals surface area contributed by atoms with E-state index >= 15 is 0 Å². The SMILES string of the molecule is COC1=C(C)C(=O)[C@H](OC(C)=O)CC1. The van der Waals surface area contributed by atoms with Gasteiger partial charge in [0.15, 0.2) is 6.10 Å². The van der Waals surface area contributed by atoms with Crippen molar-refractivity contribution in [1.82, 2.24) is 0 Å². The number of hydrogen-bond acceptors (Lipinski definition) is 4. The smallest absolute Gasteiger partial charge is 0.303 e. The standard InChI is InChI=1S/C10H14O4/c1-6-8(13-3)4-5-9(10(6)12)14-7(2)11/h9H,4-5H2,1-3H3/t9-/m1/s1. The second-order valence-electron chi connectivity index (χ2n) is 3.25. The van der Waals surface area contributed by atoms with Gasteiger partial charge < -0.3 is 9.47 Å². The van der Waals surface area contributed by atoms with Gasteiger partial charge in [-0.1, -0.05) is 0 Å². The molecule has 0 aromatic carbocycles. The average Bonchev–Trinajstić information content (AvgIpc) is 2.13. The zero-order valence-electron chi connectivity index (χ0n) is 8.62. The van der Waals surface area contributed by atoms with Gasteiger partial charge in [-0.2, -0.15) is 0 Å². The third kappa shape index (κ3) is 2.13. The molecular weight excluding hydrogens is 184 g/mol. The molecule has 0 bridgehead atoms. The Morgan fingerprint density at radius 2 is 2.14 bits per heavy atom. The van der Waals surface area contributed by atoms with E-state index in [9.17, 15) is 9.59 Å². The summed E-state index contributed by atoms with van der Waals surface area (Å²) in [5.41, 5.74) is 0.560. The van der Waals surface area contributed by atoms with Crippen LogP contribution in [-0.4, -0.2) is 25.0 Å². The van der Waals surface area contributed by atoms with Gasteiger partial charge in [0.2, 0.25) is 5.78 Å². The summed E-state index contributed by atoms with van der Waals surface area (Å²) in [7, 11) is 1.54. The fourth-order valence-electron chi connectivity index (χ4n) is 1.53. The molecule has 0 aliphatic heterocycles. The minimum Gasteiger partial charge on any atom is -0.501 e. The van der Waals surface area contributed by atoms with E-state index in [1.54, 1.807) is 6.92 Å². The van der Waals surface area contributed by atoms with Crippen LogP contribution in [0.15, 0.2) is 11.3 Å². The van der Waals surface area contributed by atoms with Crippen molar-refractivity contribution >= 4 is 11.8 Å². The molecule has 0 aromatic rings. The van der Waals surface area contributed by atoms with Crippen molar-refractivity contribution in [3.63, 3.8) is 0 Å². The molecule has 0 amide bonds. The van der Waals surface area contributed by atoms with Crippen LogP contribution in [0.3, 0.4) is 0 Å². The van der Waals surface area contributed by atoms with Crippen LogP contribution >= 0.6 is 0 Å². The van der Waals surface area contributed by atoms with Crippen molar-refractivity contribution in [3.05, 3.63) is 11.3 Å². The van der Waals surface area contributed by atoms with Gasteiger partial charge in [-0.15, -0.1) is 0 Å². The number of methoxy groups -OCH3 is 1. The number of esters is 1. The van der Waals surface area contributed by atoms with Gasteiger partial charge in [-0.3, -0.25) is 9.59 Å². The lowest BCUT2D eigenvalue weighted by Crippen LogP contribution is -2.31. The molecule has 4 heteroatoms. The molecule has 0 fully saturated rings.